The molecule has 0 bridgehead atoms. The smallest absolute Gasteiger partial charge is 0 e. The van der Waals surface area contributed by atoms with Gasteiger partial charge in [-0.25, -0.2) is 0 Å². The van der Waals surface area contributed by atoms with Crippen molar-refractivity contribution in [1.82, 2.24) is 9.97 Å². The quantitative estimate of drug-likeness (QED) is 0.117. The maximum atomic E-state index is 7.84. The molecular weight excluding hydrogens is 961 g/mol. The third kappa shape index (κ3) is 9.02. The van der Waals surface area contributed by atoms with Gasteiger partial charge in [0.2, 0.25) is 0 Å². The van der Waals surface area contributed by atoms with Gasteiger partial charge in [0, 0.05) is 31.0 Å². The second-order valence-electron chi connectivity index (χ2n) is 15.7. The fraction of sp³-hybridized carbons (Fsp3) is 0.132. The standard InChI is InChI=1S/C32H24NS.C21H22GeN.Ir/c1-21(2)23-16-17-33-30(20-23)28-13-7-12-27-29-19-26(14-15-31(29)34-32(27)28)25-11-6-10-24(18-25)22-8-4-3-5-9-22;1-16-10-11-18(14-20(16)17-8-6-5-7-9-17)21-13-12-19(15-23-21)22(2,3)4;/h3-12,14-21H,1-2H3;5-10,12-15H,1-4H3;/q2*-1;/i;1D3;. The fourth-order valence-electron chi connectivity index (χ4n) is 7.06. The van der Waals surface area contributed by atoms with E-state index < -0.39 is 20.1 Å². The fourth-order valence-corrected chi connectivity index (χ4v) is 10.4. The molecule has 0 saturated heterocycles. The molecule has 0 saturated carbocycles. The van der Waals surface area contributed by atoms with Gasteiger partial charge in [-0.1, -0.05) is 85.5 Å². The minimum atomic E-state index is -2.18. The maximum absolute atomic E-state index is 7.84. The summed E-state index contributed by atoms with van der Waals surface area (Å²) in [5, 5.41) is 2.56. The SMILES string of the molecule is CC(C)c1ccnc(-c2[c-]ccc3c2sc2ccc(-c4cccc(-c5ccccc5)c4)cc23)c1.[2H]C([2H])([2H])c1c[c-]c(-c2cc[c]([Ge]([CH3])([CH3])[CH3])cn2)cc1-c1ccccc1.[Ir]. The predicted octanol–water partition coefficient (Wildman–Crippen LogP) is 14.4. The van der Waals surface area contributed by atoms with E-state index in [0.717, 1.165) is 28.1 Å². The Bertz CT molecular complexity index is 2920. The Morgan fingerprint density at radius 1 is 0.638 bits per heavy atom. The number of benzene rings is 6. The molecule has 3 heterocycles. The second kappa shape index (κ2) is 17.9. The number of thiophene rings is 1. The van der Waals surface area contributed by atoms with Gasteiger partial charge in [-0.15, -0.1) is 23.8 Å². The Balaban J connectivity index is 0.000000188. The van der Waals surface area contributed by atoms with Crippen LogP contribution in [0, 0.1) is 19.0 Å². The van der Waals surface area contributed by atoms with Gasteiger partial charge < -0.3 is 4.98 Å². The van der Waals surface area contributed by atoms with Crippen LogP contribution >= 0.6 is 11.3 Å². The van der Waals surface area contributed by atoms with E-state index in [-0.39, 0.29) is 20.1 Å². The van der Waals surface area contributed by atoms with Crippen LogP contribution in [0.2, 0.25) is 17.3 Å². The van der Waals surface area contributed by atoms with Crippen molar-refractivity contribution in [3.63, 3.8) is 0 Å². The molecular formula is C53H46GeIrN2S-2. The zero-order valence-corrected chi connectivity index (χ0v) is 38.6. The molecule has 0 aliphatic heterocycles. The first-order valence-electron chi connectivity index (χ1n) is 20.9. The molecule has 0 unspecified atom stereocenters. The third-order valence-electron chi connectivity index (χ3n) is 10.4. The minimum Gasteiger partial charge on any atom is 0 e. The van der Waals surface area contributed by atoms with Crippen molar-refractivity contribution in [2.75, 3.05) is 0 Å². The Labute approximate surface area is 368 Å². The second-order valence-corrected chi connectivity index (χ2v) is 27.4. The Hall–Kier alpha value is -4.97. The summed E-state index contributed by atoms with van der Waals surface area (Å²) in [6, 6.07) is 58.6. The topological polar surface area (TPSA) is 25.8 Å². The van der Waals surface area contributed by atoms with Gasteiger partial charge in [0.05, 0.1) is 0 Å². The summed E-state index contributed by atoms with van der Waals surface area (Å²) in [7, 11) is 0. The monoisotopic (exact) mass is 1010 g/mol. The van der Waals surface area contributed by atoms with E-state index in [1.165, 1.54) is 52.4 Å². The summed E-state index contributed by atoms with van der Waals surface area (Å²) in [6.07, 6.45) is 3.88. The van der Waals surface area contributed by atoms with Crippen LogP contribution in [0.4, 0.5) is 0 Å². The molecule has 0 amide bonds. The number of rotatable bonds is 7. The van der Waals surface area contributed by atoms with E-state index in [4.69, 9.17) is 9.10 Å². The number of fused-ring (bicyclic) bond motifs is 3. The van der Waals surface area contributed by atoms with E-state index in [1.807, 2.05) is 72.3 Å². The zero-order valence-electron chi connectivity index (χ0n) is 36.3. The van der Waals surface area contributed by atoms with Crippen LogP contribution in [0.1, 0.15) is 35.0 Å². The predicted molar refractivity (Wildman–Crippen MR) is 248 cm³/mol. The summed E-state index contributed by atoms with van der Waals surface area (Å²) in [6.45, 7) is 2.26. The zero-order chi connectivity index (χ0) is 42.0. The molecule has 0 fully saturated rings. The molecule has 0 aliphatic rings. The van der Waals surface area contributed by atoms with Gasteiger partial charge in [-0.3, -0.25) is 0 Å². The molecule has 1 radical (unpaired) electrons. The number of hydrogen-bond acceptors (Lipinski definition) is 3. The van der Waals surface area contributed by atoms with Crippen LogP contribution in [-0.2, 0) is 20.1 Å². The van der Waals surface area contributed by atoms with Crippen molar-refractivity contribution in [3.05, 3.63) is 187 Å². The van der Waals surface area contributed by atoms with Crippen molar-refractivity contribution >= 4 is 49.2 Å². The van der Waals surface area contributed by atoms with Crippen LogP contribution < -0.4 is 4.40 Å². The molecule has 289 valence electrons. The van der Waals surface area contributed by atoms with Gasteiger partial charge in [0.1, 0.15) is 0 Å². The van der Waals surface area contributed by atoms with Crippen molar-refractivity contribution in [2.24, 2.45) is 0 Å². The van der Waals surface area contributed by atoms with E-state index in [1.54, 1.807) is 6.07 Å². The molecule has 9 aromatic rings. The molecule has 6 aromatic carbocycles. The van der Waals surface area contributed by atoms with Crippen molar-refractivity contribution in [1.29, 1.82) is 0 Å². The van der Waals surface area contributed by atoms with E-state index >= 15 is 0 Å². The molecule has 3 aromatic heterocycles. The summed E-state index contributed by atoms with van der Waals surface area (Å²) in [4.78, 5) is 9.31. The Morgan fingerprint density at radius 2 is 1.34 bits per heavy atom. The summed E-state index contributed by atoms with van der Waals surface area (Å²) < 4.78 is 27.4. The average molecular weight is 1010 g/mol. The first-order valence-corrected chi connectivity index (χ1v) is 27.6. The maximum Gasteiger partial charge on any atom is 0 e. The first-order chi connectivity index (χ1) is 28.8. The number of aryl methyl sites for hydroxylation is 1. The van der Waals surface area contributed by atoms with Gasteiger partial charge in [-0.05, 0) is 68.2 Å². The summed E-state index contributed by atoms with van der Waals surface area (Å²) >= 11 is -0.0752. The largest absolute Gasteiger partial charge is 0 e. The molecule has 0 aliphatic carbocycles. The molecule has 0 spiro atoms. The molecule has 5 heteroatoms. The normalized spacial score (nSPS) is 12.3. The molecule has 2 nitrogen and oxygen atoms in total. The van der Waals surface area contributed by atoms with E-state index in [9.17, 15) is 0 Å². The van der Waals surface area contributed by atoms with Crippen molar-refractivity contribution in [3.8, 4) is 55.9 Å². The first kappa shape index (κ1) is 37.3. The van der Waals surface area contributed by atoms with E-state index in [0.29, 0.717) is 17.0 Å². The third-order valence-corrected chi connectivity index (χ3v) is 15.8. The summed E-state index contributed by atoms with van der Waals surface area (Å²) in [5.41, 5.74) is 11.9. The number of hydrogen-bond donors (Lipinski definition) is 0. The van der Waals surface area contributed by atoms with Crippen LogP contribution in [-0.4, -0.2) is 23.2 Å². The van der Waals surface area contributed by atoms with Gasteiger partial charge in [0.25, 0.3) is 0 Å². The molecule has 0 atom stereocenters. The van der Waals surface area contributed by atoms with Crippen LogP contribution in [0.25, 0.3) is 76.1 Å². The summed E-state index contributed by atoms with van der Waals surface area (Å²) in [5.74, 6) is 7.47. The number of nitrogens with zero attached hydrogens (tertiary/aromatic N) is 2. The number of aromatic nitrogens is 2. The number of pyridine rings is 2. The van der Waals surface area contributed by atoms with Gasteiger partial charge >= 0.3 is 146 Å². The van der Waals surface area contributed by atoms with Crippen molar-refractivity contribution < 1.29 is 24.2 Å². The van der Waals surface area contributed by atoms with Crippen LogP contribution in [0.5, 0.6) is 0 Å². The molecule has 9 rings (SSSR count). The Morgan fingerprint density at radius 3 is 2.03 bits per heavy atom. The minimum absolute atomic E-state index is 0. The molecule has 58 heavy (non-hydrogen) atoms. The van der Waals surface area contributed by atoms with Crippen LogP contribution in [0.3, 0.4) is 0 Å². The van der Waals surface area contributed by atoms with Crippen LogP contribution in [0.15, 0.2) is 164 Å². The van der Waals surface area contributed by atoms with Gasteiger partial charge in [0.15, 0.2) is 0 Å². The van der Waals surface area contributed by atoms with Crippen molar-refractivity contribution in [2.45, 2.75) is 43.9 Å². The molecule has 0 N–H and O–H groups in total. The van der Waals surface area contributed by atoms with Gasteiger partial charge in [-0.2, -0.15) is 11.3 Å². The van der Waals surface area contributed by atoms with E-state index in [2.05, 4.69) is 145 Å². The average Bonchev–Trinajstić information content (AvgIpc) is 3.65. The Kier molecular flexibility index (Phi) is 11.5.